The molecular weight excluding hydrogens is 286 g/mol. The van der Waals surface area contributed by atoms with E-state index in [1.165, 1.54) is 5.56 Å². The molecule has 0 saturated carbocycles. The molecule has 0 radical (unpaired) electrons. The van der Waals surface area contributed by atoms with Crippen molar-refractivity contribution in [1.29, 1.82) is 0 Å². The van der Waals surface area contributed by atoms with E-state index in [9.17, 15) is 4.79 Å². The number of aryl methyl sites for hydroxylation is 1. The lowest BCUT2D eigenvalue weighted by molar-refractivity contribution is -0.126. The van der Waals surface area contributed by atoms with Gasteiger partial charge in [0.15, 0.2) is 0 Å². The molecule has 3 rings (SSSR count). The van der Waals surface area contributed by atoms with Gasteiger partial charge < -0.3 is 10.6 Å². The molecule has 1 atom stereocenters. The first kappa shape index (κ1) is 15.7. The van der Waals surface area contributed by atoms with Crippen molar-refractivity contribution in [3.8, 4) is 0 Å². The normalized spacial score (nSPS) is 16.7. The van der Waals surface area contributed by atoms with Crippen LogP contribution in [0.4, 0.5) is 0 Å². The summed E-state index contributed by atoms with van der Waals surface area (Å²) in [5.74, 6) is 0.218. The second kappa shape index (κ2) is 7.38. The summed E-state index contributed by atoms with van der Waals surface area (Å²) < 4.78 is 0. The van der Waals surface area contributed by atoms with Crippen molar-refractivity contribution < 1.29 is 4.79 Å². The van der Waals surface area contributed by atoms with Gasteiger partial charge in [-0.3, -0.25) is 9.78 Å². The smallest absolute Gasteiger partial charge is 0.224 e. The first-order valence-electron chi connectivity index (χ1n) is 8.22. The highest BCUT2D eigenvalue weighted by Gasteiger charge is 2.25. The van der Waals surface area contributed by atoms with Gasteiger partial charge in [0, 0.05) is 12.1 Å². The molecule has 2 N–H and O–H groups in total. The monoisotopic (exact) mass is 309 g/mol. The van der Waals surface area contributed by atoms with E-state index in [0.29, 0.717) is 0 Å². The van der Waals surface area contributed by atoms with Crippen LogP contribution < -0.4 is 10.6 Å². The number of pyridine rings is 1. The second-order valence-corrected chi connectivity index (χ2v) is 6.13. The lowest BCUT2D eigenvalue weighted by Gasteiger charge is -2.25. The number of hydrogen-bond donors (Lipinski definition) is 2. The first-order chi connectivity index (χ1) is 11.2. The molecule has 4 heteroatoms. The lowest BCUT2D eigenvalue weighted by Crippen LogP contribution is -2.40. The van der Waals surface area contributed by atoms with Crippen molar-refractivity contribution in [2.45, 2.75) is 25.8 Å². The number of amides is 1. The maximum Gasteiger partial charge on any atom is 0.224 e. The van der Waals surface area contributed by atoms with E-state index in [1.54, 1.807) is 6.20 Å². The number of nitrogens with zero attached hydrogens (tertiary/aromatic N) is 1. The van der Waals surface area contributed by atoms with Crippen LogP contribution >= 0.6 is 0 Å². The molecule has 1 aliphatic heterocycles. The summed E-state index contributed by atoms with van der Waals surface area (Å²) >= 11 is 0. The van der Waals surface area contributed by atoms with Gasteiger partial charge in [0.25, 0.3) is 0 Å². The predicted octanol–water partition coefficient (Wildman–Crippen LogP) is 2.60. The molecule has 120 valence electrons. The molecule has 2 aromatic rings. The molecule has 4 nitrogen and oxygen atoms in total. The van der Waals surface area contributed by atoms with Crippen LogP contribution in [0.1, 0.15) is 35.7 Å². The molecular formula is C19H23N3O. The van der Waals surface area contributed by atoms with Gasteiger partial charge >= 0.3 is 0 Å². The highest BCUT2D eigenvalue weighted by atomic mass is 16.1. The Kier molecular flexibility index (Phi) is 5.03. The van der Waals surface area contributed by atoms with Crippen molar-refractivity contribution in [1.82, 2.24) is 15.6 Å². The minimum absolute atomic E-state index is 0.0907. The molecule has 0 bridgehead atoms. The number of carbonyl (C=O) groups excluding carboxylic acids is 1. The molecule has 1 aliphatic rings. The second-order valence-electron chi connectivity index (χ2n) is 6.13. The van der Waals surface area contributed by atoms with Gasteiger partial charge in [-0.15, -0.1) is 0 Å². The average Bonchev–Trinajstić information content (AvgIpc) is 2.62. The maximum absolute atomic E-state index is 12.7. The third-order valence-corrected chi connectivity index (χ3v) is 4.39. The zero-order valence-corrected chi connectivity index (χ0v) is 13.5. The SMILES string of the molecule is Cc1ccc(C(NC(=O)C2CCNCC2)c2ccccn2)cc1. The Morgan fingerprint density at radius 2 is 1.91 bits per heavy atom. The van der Waals surface area contributed by atoms with E-state index in [1.807, 2.05) is 18.2 Å². The lowest BCUT2D eigenvalue weighted by atomic mass is 9.95. The Balaban J connectivity index is 1.83. The van der Waals surface area contributed by atoms with Gasteiger partial charge in [0.05, 0.1) is 11.7 Å². The maximum atomic E-state index is 12.7. The fourth-order valence-corrected chi connectivity index (χ4v) is 2.98. The van der Waals surface area contributed by atoms with Crippen LogP contribution in [0, 0.1) is 12.8 Å². The standard InChI is InChI=1S/C19H23N3O/c1-14-5-7-15(8-6-14)18(17-4-2-3-11-21-17)22-19(23)16-9-12-20-13-10-16/h2-8,11,16,18,20H,9-10,12-13H2,1H3,(H,22,23). The zero-order chi connectivity index (χ0) is 16.1. The van der Waals surface area contributed by atoms with Gasteiger partial charge in [-0.1, -0.05) is 35.9 Å². The Labute approximate surface area is 137 Å². The molecule has 1 fully saturated rings. The van der Waals surface area contributed by atoms with Gasteiger partial charge in [0.1, 0.15) is 0 Å². The summed E-state index contributed by atoms with van der Waals surface area (Å²) in [6, 6.07) is 13.9. The van der Waals surface area contributed by atoms with Crippen molar-refractivity contribution in [3.05, 3.63) is 65.5 Å². The number of aromatic nitrogens is 1. The van der Waals surface area contributed by atoms with Crippen molar-refractivity contribution in [2.24, 2.45) is 5.92 Å². The van der Waals surface area contributed by atoms with Crippen LogP contribution in [0.15, 0.2) is 48.7 Å². The van der Waals surface area contributed by atoms with E-state index < -0.39 is 0 Å². The molecule has 1 aromatic carbocycles. The van der Waals surface area contributed by atoms with Gasteiger partial charge in [-0.05, 0) is 50.6 Å². The summed E-state index contributed by atoms with van der Waals surface area (Å²) in [7, 11) is 0. The topological polar surface area (TPSA) is 54.0 Å². The van der Waals surface area contributed by atoms with Crippen LogP contribution in [0.5, 0.6) is 0 Å². The number of benzene rings is 1. The van der Waals surface area contributed by atoms with Crippen LogP contribution in [-0.2, 0) is 4.79 Å². The summed E-state index contributed by atoms with van der Waals surface area (Å²) in [5.41, 5.74) is 3.15. The number of rotatable bonds is 4. The van der Waals surface area contributed by atoms with E-state index in [0.717, 1.165) is 37.2 Å². The van der Waals surface area contributed by atoms with E-state index in [2.05, 4.69) is 46.8 Å². The minimum Gasteiger partial charge on any atom is -0.343 e. The summed E-state index contributed by atoms with van der Waals surface area (Å²) in [6.45, 7) is 3.89. The molecule has 0 spiro atoms. The largest absolute Gasteiger partial charge is 0.343 e. The van der Waals surface area contributed by atoms with E-state index in [-0.39, 0.29) is 17.9 Å². The summed E-state index contributed by atoms with van der Waals surface area (Å²) in [4.78, 5) is 17.1. The third kappa shape index (κ3) is 3.96. The molecule has 1 amide bonds. The summed E-state index contributed by atoms with van der Waals surface area (Å²) in [6.07, 6.45) is 3.57. The first-order valence-corrected chi connectivity index (χ1v) is 8.22. The molecule has 0 aliphatic carbocycles. The fraction of sp³-hybridized carbons (Fsp3) is 0.368. The van der Waals surface area contributed by atoms with Gasteiger partial charge in [-0.2, -0.15) is 0 Å². The highest BCUT2D eigenvalue weighted by molar-refractivity contribution is 5.79. The van der Waals surface area contributed by atoms with Crippen LogP contribution in [0.25, 0.3) is 0 Å². The van der Waals surface area contributed by atoms with E-state index in [4.69, 9.17) is 0 Å². The Morgan fingerprint density at radius 1 is 1.17 bits per heavy atom. The molecule has 1 saturated heterocycles. The molecule has 1 aromatic heterocycles. The minimum atomic E-state index is -0.195. The molecule has 1 unspecified atom stereocenters. The van der Waals surface area contributed by atoms with Gasteiger partial charge in [-0.25, -0.2) is 0 Å². The van der Waals surface area contributed by atoms with Crippen LogP contribution in [0.2, 0.25) is 0 Å². The number of piperidine rings is 1. The number of hydrogen-bond acceptors (Lipinski definition) is 3. The van der Waals surface area contributed by atoms with E-state index >= 15 is 0 Å². The molecule has 2 heterocycles. The Hall–Kier alpha value is -2.20. The zero-order valence-electron chi connectivity index (χ0n) is 13.5. The van der Waals surface area contributed by atoms with Gasteiger partial charge in [0.2, 0.25) is 5.91 Å². The average molecular weight is 309 g/mol. The summed E-state index contributed by atoms with van der Waals surface area (Å²) in [5, 5.41) is 6.51. The Bertz CT molecular complexity index is 633. The van der Waals surface area contributed by atoms with Crippen LogP contribution in [0.3, 0.4) is 0 Å². The quantitative estimate of drug-likeness (QED) is 0.913. The fourth-order valence-electron chi connectivity index (χ4n) is 2.98. The third-order valence-electron chi connectivity index (χ3n) is 4.39. The van der Waals surface area contributed by atoms with Crippen molar-refractivity contribution >= 4 is 5.91 Å². The predicted molar refractivity (Wildman–Crippen MR) is 91.0 cm³/mol. The van der Waals surface area contributed by atoms with Crippen molar-refractivity contribution in [2.75, 3.05) is 13.1 Å². The number of carbonyl (C=O) groups is 1. The highest BCUT2D eigenvalue weighted by Crippen LogP contribution is 2.22. The Morgan fingerprint density at radius 3 is 2.57 bits per heavy atom. The van der Waals surface area contributed by atoms with Crippen molar-refractivity contribution in [3.63, 3.8) is 0 Å². The number of nitrogens with one attached hydrogen (secondary N) is 2. The molecule has 23 heavy (non-hydrogen) atoms. The van der Waals surface area contributed by atoms with Crippen LogP contribution in [-0.4, -0.2) is 24.0 Å².